The zero-order valence-corrected chi connectivity index (χ0v) is 7.97. The summed E-state index contributed by atoms with van der Waals surface area (Å²) in [4.78, 5) is 16.5. The van der Waals surface area contributed by atoms with Crippen LogP contribution >= 0.6 is 0 Å². The average Bonchev–Trinajstić information content (AvgIpc) is 2.18. The van der Waals surface area contributed by atoms with Gasteiger partial charge in [-0.1, -0.05) is 0 Å². The zero-order chi connectivity index (χ0) is 10.6. The van der Waals surface area contributed by atoms with Crippen LogP contribution in [0.3, 0.4) is 0 Å². The number of aliphatic hydroxyl groups excluding tert-OH is 1. The Hall–Kier alpha value is -1.62. The molecule has 14 heavy (non-hydrogen) atoms. The third-order valence-corrected chi connectivity index (χ3v) is 1.87. The lowest BCUT2D eigenvalue weighted by Crippen LogP contribution is -2.22. The van der Waals surface area contributed by atoms with Crippen LogP contribution in [0.15, 0.2) is 18.3 Å². The average molecular weight is 195 g/mol. The Morgan fingerprint density at radius 3 is 3.00 bits per heavy atom. The van der Waals surface area contributed by atoms with Crippen molar-refractivity contribution in [2.75, 3.05) is 25.1 Å². The number of aromatic nitrogens is 1. The third-order valence-electron chi connectivity index (χ3n) is 1.87. The maximum absolute atomic E-state index is 10.8. The number of pyridine rings is 1. The highest BCUT2D eigenvalue weighted by Crippen LogP contribution is 2.11. The van der Waals surface area contributed by atoms with E-state index < -0.39 is 5.91 Å². The van der Waals surface area contributed by atoms with E-state index in [2.05, 4.69) is 4.98 Å². The van der Waals surface area contributed by atoms with Gasteiger partial charge >= 0.3 is 0 Å². The van der Waals surface area contributed by atoms with Gasteiger partial charge < -0.3 is 15.7 Å². The lowest BCUT2D eigenvalue weighted by Gasteiger charge is -2.17. The van der Waals surface area contributed by atoms with E-state index in [1.807, 2.05) is 11.9 Å². The van der Waals surface area contributed by atoms with Gasteiger partial charge in [-0.25, -0.2) is 0 Å². The van der Waals surface area contributed by atoms with Crippen molar-refractivity contribution >= 4 is 11.6 Å². The quantitative estimate of drug-likeness (QED) is 0.685. The number of carbonyl (C=O) groups excluding carboxylic acids is 1. The topological polar surface area (TPSA) is 79.4 Å². The molecule has 1 amide bonds. The van der Waals surface area contributed by atoms with Gasteiger partial charge in [0.2, 0.25) is 0 Å². The van der Waals surface area contributed by atoms with Crippen molar-refractivity contribution in [1.29, 1.82) is 0 Å². The normalized spacial score (nSPS) is 9.86. The summed E-state index contributed by atoms with van der Waals surface area (Å²) in [5, 5.41) is 8.73. The number of hydrogen-bond acceptors (Lipinski definition) is 4. The minimum absolute atomic E-state index is 0.0602. The number of anilines is 1. The summed E-state index contributed by atoms with van der Waals surface area (Å²) in [6, 6.07) is 3.35. The van der Waals surface area contributed by atoms with Crippen LogP contribution < -0.4 is 10.6 Å². The van der Waals surface area contributed by atoms with Crippen LogP contribution in [-0.4, -0.2) is 36.2 Å². The minimum Gasteiger partial charge on any atom is -0.395 e. The van der Waals surface area contributed by atoms with Crippen molar-refractivity contribution in [2.24, 2.45) is 5.73 Å². The van der Waals surface area contributed by atoms with Crippen LogP contribution in [0.4, 0.5) is 5.69 Å². The summed E-state index contributed by atoms with van der Waals surface area (Å²) in [5.41, 5.74) is 6.12. The van der Waals surface area contributed by atoms with Gasteiger partial charge in [-0.3, -0.25) is 9.78 Å². The number of nitrogens with two attached hydrogens (primary N) is 1. The molecule has 5 heteroatoms. The number of primary amides is 1. The molecule has 1 heterocycles. The van der Waals surface area contributed by atoms with E-state index in [0.717, 1.165) is 5.69 Å². The van der Waals surface area contributed by atoms with E-state index in [1.165, 1.54) is 6.20 Å². The molecule has 0 fully saturated rings. The molecule has 0 aliphatic rings. The number of rotatable bonds is 4. The molecular weight excluding hydrogens is 182 g/mol. The van der Waals surface area contributed by atoms with Crippen molar-refractivity contribution in [3.8, 4) is 0 Å². The Kier molecular flexibility index (Phi) is 3.41. The van der Waals surface area contributed by atoms with E-state index >= 15 is 0 Å². The lowest BCUT2D eigenvalue weighted by molar-refractivity contribution is 0.0995. The molecule has 0 aliphatic carbocycles. The van der Waals surface area contributed by atoms with Crippen molar-refractivity contribution in [2.45, 2.75) is 0 Å². The number of likely N-dealkylation sites (N-methyl/N-ethyl adjacent to an activating group) is 1. The number of aliphatic hydroxyl groups is 1. The third kappa shape index (κ3) is 2.43. The molecule has 1 aromatic heterocycles. The predicted octanol–water partition coefficient (Wildman–Crippen LogP) is -0.391. The van der Waals surface area contributed by atoms with Crippen LogP contribution in [-0.2, 0) is 0 Å². The lowest BCUT2D eigenvalue weighted by atomic mass is 10.3. The van der Waals surface area contributed by atoms with E-state index in [9.17, 15) is 4.79 Å². The molecular formula is C9H13N3O2. The molecule has 0 aromatic carbocycles. The Bertz CT molecular complexity index is 328. The maximum atomic E-state index is 10.8. The van der Waals surface area contributed by atoms with Gasteiger partial charge in [-0.05, 0) is 12.1 Å². The maximum Gasteiger partial charge on any atom is 0.267 e. The fourth-order valence-corrected chi connectivity index (χ4v) is 1.07. The molecule has 0 unspecified atom stereocenters. The molecule has 0 saturated carbocycles. The second-order valence-electron chi connectivity index (χ2n) is 2.91. The van der Waals surface area contributed by atoms with Crippen molar-refractivity contribution in [1.82, 2.24) is 4.98 Å². The van der Waals surface area contributed by atoms with Crippen molar-refractivity contribution in [3.05, 3.63) is 24.0 Å². The fraction of sp³-hybridized carbons (Fsp3) is 0.333. The van der Waals surface area contributed by atoms with E-state index in [0.29, 0.717) is 6.54 Å². The Balaban J connectivity index is 2.87. The van der Waals surface area contributed by atoms with Crippen molar-refractivity contribution in [3.63, 3.8) is 0 Å². The predicted molar refractivity (Wildman–Crippen MR) is 53.1 cm³/mol. The van der Waals surface area contributed by atoms with Crippen LogP contribution in [0, 0.1) is 0 Å². The Labute approximate surface area is 82.2 Å². The largest absolute Gasteiger partial charge is 0.395 e. The molecule has 0 spiro atoms. The van der Waals surface area contributed by atoms with E-state index in [-0.39, 0.29) is 12.3 Å². The molecule has 0 bridgehead atoms. The monoisotopic (exact) mass is 195 g/mol. The SMILES string of the molecule is CN(CCO)c1ccnc(C(N)=O)c1. The van der Waals surface area contributed by atoms with E-state index in [4.69, 9.17) is 10.8 Å². The minimum atomic E-state index is -0.552. The van der Waals surface area contributed by atoms with Gasteiger partial charge in [0, 0.05) is 25.5 Å². The first kappa shape index (κ1) is 10.5. The molecule has 76 valence electrons. The molecule has 0 atom stereocenters. The van der Waals surface area contributed by atoms with E-state index in [1.54, 1.807) is 12.1 Å². The molecule has 1 rings (SSSR count). The summed E-state index contributed by atoms with van der Waals surface area (Å²) in [5.74, 6) is -0.552. The first-order valence-electron chi connectivity index (χ1n) is 4.23. The van der Waals surface area contributed by atoms with Crippen LogP contribution in [0.5, 0.6) is 0 Å². The highest BCUT2D eigenvalue weighted by atomic mass is 16.3. The number of carbonyl (C=O) groups is 1. The fourth-order valence-electron chi connectivity index (χ4n) is 1.07. The summed E-state index contributed by atoms with van der Waals surface area (Å²) >= 11 is 0. The molecule has 1 aromatic rings. The van der Waals surface area contributed by atoms with Crippen LogP contribution in [0.1, 0.15) is 10.5 Å². The van der Waals surface area contributed by atoms with Crippen molar-refractivity contribution < 1.29 is 9.90 Å². The van der Waals surface area contributed by atoms with Gasteiger partial charge in [0.1, 0.15) is 5.69 Å². The van der Waals surface area contributed by atoms with Gasteiger partial charge in [-0.2, -0.15) is 0 Å². The number of hydrogen-bond donors (Lipinski definition) is 2. The summed E-state index contributed by atoms with van der Waals surface area (Å²) in [6.45, 7) is 0.562. The summed E-state index contributed by atoms with van der Waals surface area (Å²) in [7, 11) is 1.82. The smallest absolute Gasteiger partial charge is 0.267 e. The standard InChI is InChI=1S/C9H13N3O2/c1-12(4-5-13)7-2-3-11-8(6-7)9(10)14/h2-3,6,13H,4-5H2,1H3,(H2,10,14). The summed E-state index contributed by atoms with van der Waals surface area (Å²) in [6.07, 6.45) is 1.52. The molecule has 0 saturated heterocycles. The van der Waals surface area contributed by atoms with Gasteiger partial charge in [0.15, 0.2) is 0 Å². The highest BCUT2D eigenvalue weighted by Gasteiger charge is 2.05. The van der Waals surface area contributed by atoms with Crippen LogP contribution in [0.25, 0.3) is 0 Å². The number of nitrogens with zero attached hydrogens (tertiary/aromatic N) is 2. The Morgan fingerprint density at radius 2 is 2.43 bits per heavy atom. The molecule has 0 radical (unpaired) electrons. The first-order valence-corrected chi connectivity index (χ1v) is 4.23. The molecule has 3 N–H and O–H groups in total. The molecule has 5 nitrogen and oxygen atoms in total. The Morgan fingerprint density at radius 1 is 1.71 bits per heavy atom. The summed E-state index contributed by atoms with van der Waals surface area (Å²) < 4.78 is 0. The second kappa shape index (κ2) is 4.57. The second-order valence-corrected chi connectivity index (χ2v) is 2.91. The highest BCUT2D eigenvalue weighted by molar-refractivity contribution is 5.91. The van der Waals surface area contributed by atoms with Gasteiger partial charge in [0.05, 0.1) is 6.61 Å². The number of amides is 1. The molecule has 0 aliphatic heterocycles. The van der Waals surface area contributed by atoms with Gasteiger partial charge in [0.25, 0.3) is 5.91 Å². The van der Waals surface area contributed by atoms with Crippen LogP contribution in [0.2, 0.25) is 0 Å². The zero-order valence-electron chi connectivity index (χ0n) is 7.97. The van der Waals surface area contributed by atoms with Gasteiger partial charge in [-0.15, -0.1) is 0 Å². The first-order chi connectivity index (χ1) is 6.65.